The van der Waals surface area contributed by atoms with Crippen molar-refractivity contribution in [3.8, 4) is 0 Å². The molecule has 0 radical (unpaired) electrons. The highest BCUT2D eigenvalue weighted by atomic mass is 35.5. The van der Waals surface area contributed by atoms with Crippen molar-refractivity contribution >= 4 is 24.8 Å². The summed E-state index contributed by atoms with van der Waals surface area (Å²) >= 11 is 0. The lowest BCUT2D eigenvalue weighted by Crippen LogP contribution is -2.41. The van der Waals surface area contributed by atoms with Crippen LogP contribution in [-0.4, -0.2) is 25.1 Å². The Morgan fingerprint density at radius 1 is 1.29 bits per heavy atom. The maximum atomic E-state index is 11.8. The van der Waals surface area contributed by atoms with Gasteiger partial charge >= 0.3 is 0 Å². The number of nitrogens with two attached hydrogens (primary N) is 1. The van der Waals surface area contributed by atoms with Gasteiger partial charge in [0.2, 0.25) is 0 Å². The summed E-state index contributed by atoms with van der Waals surface area (Å²) in [6, 6.07) is 0.414. The molecule has 0 spiro atoms. The minimum Gasteiger partial charge on any atom is -0.328 e. The van der Waals surface area contributed by atoms with Crippen LogP contribution >= 0.6 is 24.8 Å². The molecule has 0 aromatic heterocycles. The molecule has 88 valence electrons. The molecule has 2 nitrogen and oxygen atoms in total. The van der Waals surface area contributed by atoms with Gasteiger partial charge in [-0.05, 0) is 19.3 Å². The quantitative estimate of drug-likeness (QED) is 0.804. The number of nitrogens with one attached hydrogen (secondary N) is 1. The van der Waals surface area contributed by atoms with E-state index in [9.17, 15) is 8.78 Å². The van der Waals surface area contributed by atoms with Gasteiger partial charge in [-0.2, -0.15) is 0 Å². The van der Waals surface area contributed by atoms with E-state index in [1.165, 1.54) is 0 Å². The van der Waals surface area contributed by atoms with Crippen LogP contribution in [0.25, 0.3) is 0 Å². The average molecular weight is 251 g/mol. The fraction of sp³-hybridized carbons (Fsp3) is 1.00. The fourth-order valence-electron chi connectivity index (χ4n) is 1.67. The standard InChI is InChI=1S/C8H16F2N2.2ClH/c9-8(10)5-12-7-3-1-2-6(11)4-7;;/h6-8,12H,1-5,11H2;2*1H. The van der Waals surface area contributed by atoms with E-state index in [0.29, 0.717) is 0 Å². The highest BCUT2D eigenvalue weighted by Crippen LogP contribution is 2.16. The average Bonchev–Trinajstić information content (AvgIpc) is 2.01. The summed E-state index contributed by atoms with van der Waals surface area (Å²) in [6.07, 6.45) is 1.67. The fourth-order valence-corrected chi connectivity index (χ4v) is 1.67. The minimum absolute atomic E-state index is 0. The first-order valence-corrected chi connectivity index (χ1v) is 4.45. The van der Waals surface area contributed by atoms with E-state index in [1.807, 2.05) is 0 Å². The number of rotatable bonds is 3. The van der Waals surface area contributed by atoms with Gasteiger partial charge < -0.3 is 11.1 Å². The normalized spacial score (nSPS) is 26.6. The molecule has 1 saturated carbocycles. The minimum atomic E-state index is -2.25. The van der Waals surface area contributed by atoms with Crippen LogP contribution in [0.3, 0.4) is 0 Å². The van der Waals surface area contributed by atoms with Gasteiger partial charge in [0.25, 0.3) is 6.43 Å². The molecular weight excluding hydrogens is 233 g/mol. The third-order valence-corrected chi connectivity index (χ3v) is 2.28. The molecule has 6 heteroatoms. The van der Waals surface area contributed by atoms with Crippen LogP contribution in [0, 0.1) is 0 Å². The zero-order valence-electron chi connectivity index (χ0n) is 7.92. The number of alkyl halides is 2. The van der Waals surface area contributed by atoms with E-state index in [2.05, 4.69) is 5.32 Å². The van der Waals surface area contributed by atoms with Crippen LogP contribution in [0.4, 0.5) is 8.78 Å². The Kier molecular flexibility index (Phi) is 10.4. The van der Waals surface area contributed by atoms with Crippen molar-refractivity contribution < 1.29 is 8.78 Å². The van der Waals surface area contributed by atoms with Crippen molar-refractivity contribution in [3.63, 3.8) is 0 Å². The summed E-state index contributed by atoms with van der Waals surface area (Å²) < 4.78 is 23.6. The summed E-state index contributed by atoms with van der Waals surface area (Å²) in [5.41, 5.74) is 5.70. The number of halogens is 4. The Labute approximate surface area is 95.8 Å². The van der Waals surface area contributed by atoms with Crippen molar-refractivity contribution in [3.05, 3.63) is 0 Å². The molecule has 2 atom stereocenters. The lowest BCUT2D eigenvalue weighted by atomic mass is 9.92. The van der Waals surface area contributed by atoms with Gasteiger partial charge in [-0.3, -0.25) is 0 Å². The van der Waals surface area contributed by atoms with Crippen LogP contribution < -0.4 is 11.1 Å². The Morgan fingerprint density at radius 3 is 2.43 bits per heavy atom. The second-order valence-electron chi connectivity index (χ2n) is 3.42. The highest BCUT2D eigenvalue weighted by Gasteiger charge is 2.19. The van der Waals surface area contributed by atoms with Crippen molar-refractivity contribution in [2.24, 2.45) is 5.73 Å². The van der Waals surface area contributed by atoms with Gasteiger partial charge in [0.05, 0.1) is 6.54 Å². The molecule has 0 heterocycles. The molecule has 2 unspecified atom stereocenters. The van der Waals surface area contributed by atoms with E-state index in [0.717, 1.165) is 25.7 Å². The van der Waals surface area contributed by atoms with E-state index in [4.69, 9.17) is 5.73 Å². The molecule has 0 bridgehead atoms. The largest absolute Gasteiger partial charge is 0.328 e. The van der Waals surface area contributed by atoms with E-state index < -0.39 is 6.43 Å². The second kappa shape index (κ2) is 8.65. The van der Waals surface area contributed by atoms with E-state index >= 15 is 0 Å². The van der Waals surface area contributed by atoms with Crippen molar-refractivity contribution in [2.75, 3.05) is 6.54 Å². The van der Waals surface area contributed by atoms with Crippen molar-refractivity contribution in [2.45, 2.75) is 44.2 Å². The zero-order valence-corrected chi connectivity index (χ0v) is 9.55. The molecule has 1 fully saturated rings. The lowest BCUT2D eigenvalue weighted by Gasteiger charge is -2.27. The first kappa shape index (κ1) is 16.8. The summed E-state index contributed by atoms with van der Waals surface area (Å²) in [5, 5.41) is 2.82. The molecule has 1 rings (SSSR count). The van der Waals surface area contributed by atoms with Crippen LogP contribution in [0.15, 0.2) is 0 Å². The molecule has 1 aliphatic carbocycles. The third kappa shape index (κ3) is 6.76. The Hall–Kier alpha value is 0.360. The molecule has 3 N–H and O–H groups in total. The van der Waals surface area contributed by atoms with Gasteiger partial charge in [0.15, 0.2) is 0 Å². The summed E-state index contributed by atoms with van der Waals surface area (Å²) in [7, 11) is 0. The summed E-state index contributed by atoms with van der Waals surface area (Å²) in [5.74, 6) is 0. The van der Waals surface area contributed by atoms with Crippen LogP contribution in [0.1, 0.15) is 25.7 Å². The molecule has 0 amide bonds. The van der Waals surface area contributed by atoms with Gasteiger partial charge in [-0.25, -0.2) is 8.78 Å². The molecule has 14 heavy (non-hydrogen) atoms. The first-order valence-electron chi connectivity index (χ1n) is 4.45. The smallest absolute Gasteiger partial charge is 0.250 e. The van der Waals surface area contributed by atoms with Crippen LogP contribution in [-0.2, 0) is 0 Å². The summed E-state index contributed by atoms with van der Waals surface area (Å²) in [6.45, 7) is -0.197. The molecule has 0 aliphatic heterocycles. The maximum absolute atomic E-state index is 11.8. The monoisotopic (exact) mass is 250 g/mol. The predicted molar refractivity (Wildman–Crippen MR) is 58.7 cm³/mol. The molecule has 0 saturated heterocycles. The van der Waals surface area contributed by atoms with Gasteiger partial charge in [-0.15, -0.1) is 24.8 Å². The van der Waals surface area contributed by atoms with Crippen molar-refractivity contribution in [1.29, 1.82) is 0 Å². The highest BCUT2D eigenvalue weighted by molar-refractivity contribution is 5.85. The predicted octanol–water partition coefficient (Wildman–Crippen LogP) is 1.95. The molecule has 0 aromatic carbocycles. The Morgan fingerprint density at radius 2 is 1.93 bits per heavy atom. The van der Waals surface area contributed by atoms with E-state index in [1.54, 1.807) is 0 Å². The molecule has 1 aliphatic rings. The van der Waals surface area contributed by atoms with Gasteiger partial charge in [0, 0.05) is 12.1 Å². The van der Waals surface area contributed by atoms with Gasteiger partial charge in [0.1, 0.15) is 0 Å². The second-order valence-corrected chi connectivity index (χ2v) is 3.42. The van der Waals surface area contributed by atoms with Crippen LogP contribution in [0.5, 0.6) is 0 Å². The van der Waals surface area contributed by atoms with Gasteiger partial charge in [-0.1, -0.05) is 6.42 Å². The number of hydrogen-bond acceptors (Lipinski definition) is 2. The summed E-state index contributed by atoms with van der Waals surface area (Å²) in [4.78, 5) is 0. The van der Waals surface area contributed by atoms with Crippen LogP contribution in [0.2, 0.25) is 0 Å². The van der Waals surface area contributed by atoms with Crippen molar-refractivity contribution in [1.82, 2.24) is 5.32 Å². The maximum Gasteiger partial charge on any atom is 0.250 e. The zero-order chi connectivity index (χ0) is 8.97. The molecule has 0 aromatic rings. The van der Waals surface area contributed by atoms with E-state index in [-0.39, 0.29) is 43.4 Å². The first-order chi connectivity index (χ1) is 5.68. The topological polar surface area (TPSA) is 38.0 Å². The lowest BCUT2D eigenvalue weighted by molar-refractivity contribution is 0.137. The third-order valence-electron chi connectivity index (χ3n) is 2.28. The molecular formula is C8H18Cl2F2N2. The SMILES string of the molecule is Cl.Cl.NC1CCCC(NCC(F)F)C1. The Balaban J connectivity index is 0. The number of hydrogen-bond donors (Lipinski definition) is 2. The Bertz CT molecular complexity index is 139.